The molecule has 0 saturated carbocycles. The van der Waals surface area contributed by atoms with Gasteiger partial charge in [-0.1, -0.05) is 12.1 Å². The van der Waals surface area contributed by atoms with Crippen molar-refractivity contribution in [3.05, 3.63) is 58.9 Å². The molecular weight excluding hydrogens is 226 g/mol. The number of ether oxygens (including phenoxy) is 1. The molecule has 1 aromatic heterocycles. The summed E-state index contributed by atoms with van der Waals surface area (Å²) < 4.78 is 5.56. The van der Waals surface area contributed by atoms with Crippen molar-refractivity contribution in [3.63, 3.8) is 0 Å². The van der Waals surface area contributed by atoms with Crippen molar-refractivity contribution >= 4 is 5.78 Å². The Labute approximate surface area is 105 Å². The molecule has 0 N–H and O–H groups in total. The lowest BCUT2D eigenvalue weighted by molar-refractivity contribution is 0.103. The molecule has 0 fully saturated rings. The molecule has 0 unspecified atom stereocenters. The highest BCUT2D eigenvalue weighted by Crippen LogP contribution is 2.30. The first-order valence-corrected chi connectivity index (χ1v) is 5.97. The highest BCUT2D eigenvalue weighted by atomic mass is 16.5. The van der Waals surface area contributed by atoms with Gasteiger partial charge in [0.05, 0.1) is 12.2 Å². The van der Waals surface area contributed by atoms with Crippen LogP contribution in [0.4, 0.5) is 0 Å². The van der Waals surface area contributed by atoms with E-state index in [0.717, 1.165) is 23.3 Å². The van der Waals surface area contributed by atoms with E-state index in [1.54, 1.807) is 12.4 Å². The van der Waals surface area contributed by atoms with Gasteiger partial charge in [-0.25, -0.2) is 0 Å². The van der Waals surface area contributed by atoms with Gasteiger partial charge in [-0.05, 0) is 30.2 Å². The number of rotatable bonds is 2. The largest absolute Gasteiger partial charge is 0.492 e. The summed E-state index contributed by atoms with van der Waals surface area (Å²) in [5.41, 5.74) is 3.34. The van der Waals surface area contributed by atoms with Crippen LogP contribution in [0, 0.1) is 6.92 Å². The van der Waals surface area contributed by atoms with E-state index < -0.39 is 0 Å². The number of para-hydroxylation sites is 1. The fourth-order valence-corrected chi connectivity index (χ4v) is 2.23. The summed E-state index contributed by atoms with van der Waals surface area (Å²) in [5.74, 6) is 0.717. The van der Waals surface area contributed by atoms with Crippen LogP contribution in [-0.2, 0) is 6.42 Å². The fourth-order valence-electron chi connectivity index (χ4n) is 2.23. The lowest BCUT2D eigenvalue weighted by Gasteiger charge is -2.07. The smallest absolute Gasteiger partial charge is 0.198 e. The normalized spacial score (nSPS) is 12.9. The summed E-state index contributed by atoms with van der Waals surface area (Å²) in [4.78, 5) is 16.5. The van der Waals surface area contributed by atoms with E-state index in [0.29, 0.717) is 17.7 Å². The van der Waals surface area contributed by atoms with Crippen molar-refractivity contribution < 1.29 is 9.53 Å². The Morgan fingerprint density at radius 2 is 2.22 bits per heavy atom. The first-order chi connectivity index (χ1) is 8.75. The van der Waals surface area contributed by atoms with E-state index in [-0.39, 0.29) is 5.78 Å². The topological polar surface area (TPSA) is 39.2 Å². The molecule has 18 heavy (non-hydrogen) atoms. The first-order valence-electron chi connectivity index (χ1n) is 5.97. The standard InChI is InChI=1S/C15H13NO2/c1-10-7-12(9-16-8-10)14(17)13-4-2-3-11-5-6-18-15(11)13/h2-4,7-9H,5-6H2,1H3. The number of nitrogens with zero attached hydrogens (tertiary/aromatic N) is 1. The summed E-state index contributed by atoms with van der Waals surface area (Å²) in [6.45, 7) is 2.58. The average Bonchev–Trinajstić information content (AvgIpc) is 2.86. The monoisotopic (exact) mass is 239 g/mol. The Morgan fingerprint density at radius 3 is 3.06 bits per heavy atom. The van der Waals surface area contributed by atoms with Crippen LogP contribution >= 0.6 is 0 Å². The molecular formula is C15H13NO2. The van der Waals surface area contributed by atoms with Crippen molar-refractivity contribution in [2.45, 2.75) is 13.3 Å². The summed E-state index contributed by atoms with van der Waals surface area (Å²) in [5, 5.41) is 0. The second-order valence-electron chi connectivity index (χ2n) is 4.47. The van der Waals surface area contributed by atoms with Crippen LogP contribution in [0.2, 0.25) is 0 Å². The lowest BCUT2D eigenvalue weighted by atomic mass is 10.0. The van der Waals surface area contributed by atoms with Crippen molar-refractivity contribution in [2.24, 2.45) is 0 Å². The quantitative estimate of drug-likeness (QED) is 0.756. The van der Waals surface area contributed by atoms with Gasteiger partial charge < -0.3 is 4.74 Å². The van der Waals surface area contributed by atoms with Gasteiger partial charge in [0.2, 0.25) is 0 Å². The number of hydrogen-bond donors (Lipinski definition) is 0. The molecule has 1 aliphatic heterocycles. The molecule has 0 amide bonds. The van der Waals surface area contributed by atoms with Gasteiger partial charge in [-0.15, -0.1) is 0 Å². The number of carbonyl (C=O) groups is 1. The molecule has 1 aromatic carbocycles. The van der Waals surface area contributed by atoms with Gasteiger partial charge in [-0.2, -0.15) is 0 Å². The van der Waals surface area contributed by atoms with Crippen LogP contribution in [0.5, 0.6) is 5.75 Å². The van der Waals surface area contributed by atoms with Crippen LogP contribution in [0.15, 0.2) is 36.7 Å². The minimum absolute atomic E-state index is 0.0232. The molecule has 90 valence electrons. The zero-order chi connectivity index (χ0) is 12.5. The zero-order valence-corrected chi connectivity index (χ0v) is 10.1. The molecule has 3 heteroatoms. The third-order valence-corrected chi connectivity index (χ3v) is 3.10. The van der Waals surface area contributed by atoms with Crippen molar-refractivity contribution in [1.29, 1.82) is 0 Å². The summed E-state index contributed by atoms with van der Waals surface area (Å²) in [6, 6.07) is 7.58. The molecule has 0 aliphatic carbocycles. The number of carbonyl (C=O) groups excluding carboxylic acids is 1. The average molecular weight is 239 g/mol. The van der Waals surface area contributed by atoms with E-state index in [9.17, 15) is 4.79 Å². The lowest BCUT2D eigenvalue weighted by Crippen LogP contribution is -2.04. The van der Waals surface area contributed by atoms with Gasteiger partial charge in [0, 0.05) is 24.4 Å². The van der Waals surface area contributed by atoms with Gasteiger partial charge in [0.25, 0.3) is 0 Å². The Balaban J connectivity index is 2.06. The molecule has 0 saturated heterocycles. The number of aryl methyl sites for hydroxylation is 1. The van der Waals surface area contributed by atoms with Crippen molar-refractivity contribution in [1.82, 2.24) is 4.98 Å². The molecule has 2 aromatic rings. The summed E-state index contributed by atoms with van der Waals surface area (Å²) >= 11 is 0. The Bertz CT molecular complexity index is 620. The van der Waals surface area contributed by atoms with E-state index >= 15 is 0 Å². The van der Waals surface area contributed by atoms with Gasteiger partial charge in [0.15, 0.2) is 5.78 Å². The molecule has 2 heterocycles. The maximum absolute atomic E-state index is 12.4. The van der Waals surface area contributed by atoms with E-state index in [2.05, 4.69) is 4.98 Å². The molecule has 0 atom stereocenters. The second kappa shape index (κ2) is 4.26. The molecule has 3 nitrogen and oxygen atoms in total. The Kier molecular flexibility index (Phi) is 2.59. The number of ketones is 1. The van der Waals surface area contributed by atoms with Gasteiger partial charge >= 0.3 is 0 Å². The number of hydrogen-bond acceptors (Lipinski definition) is 3. The predicted molar refractivity (Wildman–Crippen MR) is 68.0 cm³/mol. The highest BCUT2D eigenvalue weighted by molar-refractivity contribution is 6.10. The molecule has 3 rings (SSSR count). The Morgan fingerprint density at radius 1 is 1.33 bits per heavy atom. The van der Waals surface area contributed by atoms with E-state index in [1.807, 2.05) is 31.2 Å². The molecule has 0 bridgehead atoms. The SMILES string of the molecule is Cc1cncc(C(=O)c2cccc3c2OCC3)c1. The predicted octanol–water partition coefficient (Wildman–Crippen LogP) is 2.56. The fraction of sp³-hybridized carbons (Fsp3) is 0.200. The summed E-state index contributed by atoms with van der Waals surface area (Å²) in [7, 11) is 0. The maximum atomic E-state index is 12.4. The maximum Gasteiger partial charge on any atom is 0.198 e. The molecule has 0 radical (unpaired) electrons. The minimum atomic E-state index is -0.0232. The van der Waals surface area contributed by atoms with Crippen LogP contribution < -0.4 is 4.74 Å². The van der Waals surface area contributed by atoms with Crippen LogP contribution in [-0.4, -0.2) is 17.4 Å². The van der Waals surface area contributed by atoms with E-state index in [1.165, 1.54) is 0 Å². The van der Waals surface area contributed by atoms with Crippen molar-refractivity contribution in [3.8, 4) is 5.75 Å². The number of pyridine rings is 1. The zero-order valence-electron chi connectivity index (χ0n) is 10.1. The van der Waals surface area contributed by atoms with E-state index in [4.69, 9.17) is 4.74 Å². The van der Waals surface area contributed by atoms with Crippen LogP contribution in [0.1, 0.15) is 27.0 Å². The van der Waals surface area contributed by atoms with Crippen molar-refractivity contribution in [2.75, 3.05) is 6.61 Å². The first kappa shape index (κ1) is 11.0. The van der Waals surface area contributed by atoms with Gasteiger partial charge in [0.1, 0.15) is 5.75 Å². The number of fused-ring (bicyclic) bond motifs is 1. The van der Waals surface area contributed by atoms with Crippen LogP contribution in [0.25, 0.3) is 0 Å². The number of benzene rings is 1. The summed E-state index contributed by atoms with van der Waals surface area (Å²) in [6.07, 6.45) is 4.22. The van der Waals surface area contributed by atoms with Crippen LogP contribution in [0.3, 0.4) is 0 Å². The third-order valence-electron chi connectivity index (χ3n) is 3.10. The second-order valence-corrected chi connectivity index (χ2v) is 4.47. The van der Waals surface area contributed by atoms with Gasteiger partial charge in [-0.3, -0.25) is 9.78 Å². The third kappa shape index (κ3) is 1.78. The number of aromatic nitrogens is 1. The molecule has 1 aliphatic rings. The molecule has 0 spiro atoms. The Hall–Kier alpha value is -2.16. The highest BCUT2D eigenvalue weighted by Gasteiger charge is 2.21. The minimum Gasteiger partial charge on any atom is -0.492 e.